The van der Waals surface area contributed by atoms with E-state index in [1.807, 2.05) is 0 Å². The highest BCUT2D eigenvalue weighted by molar-refractivity contribution is 7.16. The SMILES string of the molecule is O=C(NCc1ccc(Cl)s1)NC(Cc1cnc[nH]1)C(=O)O. The average molecular weight is 329 g/mol. The van der Waals surface area contributed by atoms with Gasteiger partial charge in [0, 0.05) is 23.2 Å². The Hall–Kier alpha value is -2.06. The Bertz CT molecular complexity index is 614. The minimum atomic E-state index is -1.11. The normalized spacial score (nSPS) is 11.9. The average Bonchev–Trinajstić information content (AvgIpc) is 3.07. The van der Waals surface area contributed by atoms with E-state index in [1.54, 1.807) is 12.1 Å². The molecule has 0 fully saturated rings. The number of urea groups is 1. The van der Waals surface area contributed by atoms with Crippen molar-refractivity contribution in [2.75, 3.05) is 0 Å². The number of nitrogens with zero attached hydrogens (tertiary/aromatic N) is 1. The highest BCUT2D eigenvalue weighted by atomic mass is 35.5. The topological polar surface area (TPSA) is 107 Å². The number of carbonyl (C=O) groups excluding carboxylic acids is 1. The molecule has 0 spiro atoms. The highest BCUT2D eigenvalue weighted by Gasteiger charge is 2.20. The van der Waals surface area contributed by atoms with Crippen molar-refractivity contribution in [3.05, 3.63) is 39.6 Å². The molecule has 0 aliphatic heterocycles. The van der Waals surface area contributed by atoms with Crippen LogP contribution in [0.3, 0.4) is 0 Å². The zero-order valence-corrected chi connectivity index (χ0v) is 12.4. The second kappa shape index (κ2) is 7.09. The number of rotatable bonds is 6. The highest BCUT2D eigenvalue weighted by Crippen LogP contribution is 2.20. The van der Waals surface area contributed by atoms with Gasteiger partial charge in [-0.2, -0.15) is 0 Å². The summed E-state index contributed by atoms with van der Waals surface area (Å²) >= 11 is 7.14. The molecular formula is C12H13ClN4O3S. The molecule has 2 heterocycles. The van der Waals surface area contributed by atoms with E-state index in [1.165, 1.54) is 23.9 Å². The first-order valence-electron chi connectivity index (χ1n) is 6.03. The number of amides is 2. The van der Waals surface area contributed by atoms with Gasteiger partial charge in [-0.15, -0.1) is 11.3 Å². The van der Waals surface area contributed by atoms with E-state index in [0.717, 1.165) is 4.88 Å². The molecule has 2 aromatic heterocycles. The van der Waals surface area contributed by atoms with E-state index in [9.17, 15) is 9.59 Å². The molecule has 0 saturated carbocycles. The summed E-state index contributed by atoms with van der Waals surface area (Å²) in [4.78, 5) is 30.4. The molecule has 1 atom stereocenters. The van der Waals surface area contributed by atoms with Crippen LogP contribution in [-0.2, 0) is 17.8 Å². The standard InChI is InChI=1S/C12H13ClN4O3S/c13-10-2-1-8(21-10)5-15-12(20)17-9(11(18)19)3-7-4-14-6-16-7/h1-2,4,6,9H,3,5H2,(H,14,16)(H,18,19)(H2,15,17,20). The Labute approximate surface area is 129 Å². The monoisotopic (exact) mass is 328 g/mol. The molecule has 7 nitrogen and oxygen atoms in total. The van der Waals surface area contributed by atoms with Crippen molar-refractivity contribution in [2.45, 2.75) is 19.0 Å². The second-order valence-corrected chi connectivity index (χ2v) is 6.00. The quantitative estimate of drug-likeness (QED) is 0.646. The minimum absolute atomic E-state index is 0.133. The summed E-state index contributed by atoms with van der Waals surface area (Å²) < 4.78 is 0.634. The van der Waals surface area contributed by atoms with Crippen LogP contribution < -0.4 is 10.6 Å². The summed E-state index contributed by atoms with van der Waals surface area (Å²) in [6, 6.07) is 1.95. The lowest BCUT2D eigenvalue weighted by Gasteiger charge is -2.14. The first-order chi connectivity index (χ1) is 10.0. The number of carboxylic acids is 1. The molecule has 1 unspecified atom stereocenters. The maximum absolute atomic E-state index is 11.7. The number of aromatic nitrogens is 2. The Morgan fingerprint density at radius 1 is 1.48 bits per heavy atom. The minimum Gasteiger partial charge on any atom is -0.480 e. The lowest BCUT2D eigenvalue weighted by Crippen LogP contribution is -2.46. The van der Waals surface area contributed by atoms with Gasteiger partial charge in [0.15, 0.2) is 0 Å². The first-order valence-corrected chi connectivity index (χ1v) is 7.22. The molecule has 4 N–H and O–H groups in total. The third-order valence-electron chi connectivity index (χ3n) is 2.63. The molecule has 0 aromatic carbocycles. The lowest BCUT2D eigenvalue weighted by atomic mass is 10.2. The van der Waals surface area contributed by atoms with Crippen LogP contribution in [0.1, 0.15) is 10.6 Å². The van der Waals surface area contributed by atoms with Crippen molar-refractivity contribution < 1.29 is 14.7 Å². The van der Waals surface area contributed by atoms with Gasteiger partial charge in [0.05, 0.1) is 17.2 Å². The fourth-order valence-corrected chi connectivity index (χ4v) is 2.67. The molecule has 9 heteroatoms. The van der Waals surface area contributed by atoms with E-state index in [0.29, 0.717) is 16.6 Å². The number of aromatic amines is 1. The zero-order valence-electron chi connectivity index (χ0n) is 10.8. The fourth-order valence-electron chi connectivity index (χ4n) is 1.64. The van der Waals surface area contributed by atoms with Crippen molar-refractivity contribution in [1.29, 1.82) is 0 Å². The molecule has 0 aliphatic carbocycles. The predicted octanol–water partition coefficient (Wildman–Crippen LogP) is 1.62. The molecule has 0 aliphatic rings. The van der Waals surface area contributed by atoms with Crippen molar-refractivity contribution in [3.63, 3.8) is 0 Å². The molecule has 0 saturated heterocycles. The van der Waals surface area contributed by atoms with Crippen molar-refractivity contribution >= 4 is 34.9 Å². The zero-order chi connectivity index (χ0) is 15.2. The molecule has 0 bridgehead atoms. The number of nitrogens with one attached hydrogen (secondary N) is 3. The molecule has 21 heavy (non-hydrogen) atoms. The van der Waals surface area contributed by atoms with E-state index >= 15 is 0 Å². The van der Waals surface area contributed by atoms with Gasteiger partial charge in [-0.25, -0.2) is 14.6 Å². The third-order valence-corrected chi connectivity index (χ3v) is 3.87. The van der Waals surface area contributed by atoms with Gasteiger partial charge in [0.2, 0.25) is 0 Å². The van der Waals surface area contributed by atoms with Crippen molar-refractivity contribution in [3.8, 4) is 0 Å². The van der Waals surface area contributed by atoms with Gasteiger partial charge >= 0.3 is 12.0 Å². The number of hydrogen-bond acceptors (Lipinski definition) is 4. The van der Waals surface area contributed by atoms with Crippen LogP contribution in [0.2, 0.25) is 4.34 Å². The van der Waals surface area contributed by atoms with Gasteiger partial charge in [-0.05, 0) is 12.1 Å². The van der Waals surface area contributed by atoms with E-state index in [2.05, 4.69) is 20.6 Å². The summed E-state index contributed by atoms with van der Waals surface area (Å²) in [5, 5.41) is 14.1. The number of H-pyrrole nitrogens is 1. The van der Waals surface area contributed by atoms with Crippen LogP contribution in [0.5, 0.6) is 0 Å². The molecule has 2 aromatic rings. The Morgan fingerprint density at radius 2 is 2.29 bits per heavy atom. The van der Waals surface area contributed by atoms with E-state index in [4.69, 9.17) is 16.7 Å². The van der Waals surface area contributed by atoms with Gasteiger partial charge in [0.1, 0.15) is 6.04 Å². The maximum Gasteiger partial charge on any atom is 0.326 e. The Morgan fingerprint density at radius 3 is 2.86 bits per heavy atom. The van der Waals surface area contributed by atoms with Crippen LogP contribution in [0, 0.1) is 0 Å². The number of halogens is 1. The fraction of sp³-hybridized carbons (Fsp3) is 0.250. The van der Waals surface area contributed by atoms with Crippen LogP contribution in [0.4, 0.5) is 4.79 Å². The van der Waals surface area contributed by atoms with Crippen LogP contribution in [0.25, 0.3) is 0 Å². The molecule has 2 amide bonds. The molecule has 112 valence electrons. The van der Waals surface area contributed by atoms with Gasteiger partial charge < -0.3 is 20.7 Å². The van der Waals surface area contributed by atoms with Gasteiger partial charge in [0.25, 0.3) is 0 Å². The van der Waals surface area contributed by atoms with Crippen molar-refractivity contribution in [2.24, 2.45) is 0 Å². The number of thiophene rings is 1. The number of aliphatic carboxylic acids is 1. The molecular weight excluding hydrogens is 316 g/mol. The lowest BCUT2D eigenvalue weighted by molar-refractivity contribution is -0.139. The summed E-state index contributed by atoms with van der Waals surface area (Å²) in [6.45, 7) is 0.291. The number of carbonyl (C=O) groups is 2. The predicted molar refractivity (Wildman–Crippen MR) is 78.4 cm³/mol. The van der Waals surface area contributed by atoms with Crippen molar-refractivity contribution in [1.82, 2.24) is 20.6 Å². The second-order valence-electron chi connectivity index (χ2n) is 4.20. The van der Waals surface area contributed by atoms with Crippen LogP contribution in [-0.4, -0.2) is 33.1 Å². The van der Waals surface area contributed by atoms with Gasteiger partial charge in [-0.1, -0.05) is 11.6 Å². The maximum atomic E-state index is 11.7. The summed E-state index contributed by atoms with van der Waals surface area (Å²) in [6.07, 6.45) is 3.10. The Kier molecular flexibility index (Phi) is 5.18. The first kappa shape index (κ1) is 15.3. The third kappa shape index (κ3) is 4.76. The number of carboxylic acid groups (broad SMARTS) is 1. The Balaban J connectivity index is 1.84. The largest absolute Gasteiger partial charge is 0.480 e. The van der Waals surface area contributed by atoms with E-state index < -0.39 is 18.0 Å². The summed E-state index contributed by atoms with van der Waals surface area (Å²) in [5.41, 5.74) is 0.632. The van der Waals surface area contributed by atoms with Crippen LogP contribution in [0.15, 0.2) is 24.7 Å². The number of imidazole rings is 1. The van der Waals surface area contributed by atoms with Gasteiger partial charge in [-0.3, -0.25) is 0 Å². The van der Waals surface area contributed by atoms with Crippen LogP contribution >= 0.6 is 22.9 Å². The molecule has 0 radical (unpaired) electrons. The smallest absolute Gasteiger partial charge is 0.326 e. The summed E-state index contributed by atoms with van der Waals surface area (Å²) in [7, 11) is 0. The summed E-state index contributed by atoms with van der Waals surface area (Å²) in [5.74, 6) is -1.11. The molecule has 2 rings (SSSR count). The number of hydrogen-bond donors (Lipinski definition) is 4. The van der Waals surface area contributed by atoms with E-state index in [-0.39, 0.29) is 6.42 Å².